The standard InChI is InChI=1S/C41H27N3O/c45-41-34-19-11-10-18-32(34)35-22-30(27-12-4-1-5-13-27)23-36-33-20-21-43(26-39(33)44(41)40(35)36)31-24-37(28-14-6-2-7-15-28)42-38(25-31)29-16-8-3-9-17-29/h1-20,22-26H,21H2. The molecular weight excluding hydrogens is 550 g/mol. The Labute approximate surface area is 259 Å². The van der Waals surface area contributed by atoms with Crippen LogP contribution in [0.4, 0.5) is 5.69 Å². The summed E-state index contributed by atoms with van der Waals surface area (Å²) in [4.78, 5) is 21.5. The molecule has 9 rings (SSSR count). The molecule has 0 amide bonds. The molecule has 0 spiro atoms. The lowest BCUT2D eigenvalue weighted by Crippen LogP contribution is -2.39. The van der Waals surface area contributed by atoms with Gasteiger partial charge < -0.3 is 4.90 Å². The normalized spacial score (nSPS) is 12.8. The SMILES string of the molecule is O=c1c2ccccc2c2cc(-c3ccccc3)cc3c4c(n1c32)=CN(c1cc(-c2ccccc2)nc(-c2ccccc2)c1)CC=4. The van der Waals surface area contributed by atoms with Crippen LogP contribution in [0.25, 0.3) is 73.0 Å². The number of fused-ring (bicyclic) bond motifs is 5. The summed E-state index contributed by atoms with van der Waals surface area (Å²) < 4.78 is 1.93. The summed E-state index contributed by atoms with van der Waals surface area (Å²) in [5.74, 6) is 0. The summed E-state index contributed by atoms with van der Waals surface area (Å²) >= 11 is 0. The van der Waals surface area contributed by atoms with E-state index in [9.17, 15) is 4.79 Å². The Hall–Kier alpha value is -6.00. The van der Waals surface area contributed by atoms with Crippen molar-refractivity contribution in [3.05, 3.63) is 160 Å². The van der Waals surface area contributed by atoms with Gasteiger partial charge in [-0.25, -0.2) is 4.98 Å². The zero-order valence-electron chi connectivity index (χ0n) is 24.4. The molecule has 4 heteroatoms. The fourth-order valence-electron chi connectivity index (χ4n) is 6.81. The largest absolute Gasteiger partial charge is 0.342 e. The quantitative estimate of drug-likeness (QED) is 0.204. The predicted molar refractivity (Wildman–Crippen MR) is 186 cm³/mol. The van der Waals surface area contributed by atoms with E-state index in [0.717, 1.165) is 77.0 Å². The second-order valence-corrected chi connectivity index (χ2v) is 11.6. The molecule has 4 heterocycles. The molecular formula is C41H27N3O. The fraction of sp³-hybridized carbons (Fsp3) is 0.0244. The van der Waals surface area contributed by atoms with Crippen molar-refractivity contribution >= 4 is 45.0 Å². The number of anilines is 1. The predicted octanol–water partition coefficient (Wildman–Crippen LogP) is 7.48. The Balaban J connectivity index is 1.32. The molecule has 0 fully saturated rings. The van der Waals surface area contributed by atoms with E-state index in [1.54, 1.807) is 0 Å². The van der Waals surface area contributed by atoms with Gasteiger partial charge in [-0.05, 0) is 46.8 Å². The Bertz CT molecular complexity index is 2520. The minimum absolute atomic E-state index is 0.00740. The van der Waals surface area contributed by atoms with Gasteiger partial charge in [0.25, 0.3) is 5.56 Å². The second kappa shape index (κ2) is 10.0. The molecule has 8 aromatic rings. The molecule has 1 aliphatic heterocycles. The molecule has 0 unspecified atom stereocenters. The zero-order chi connectivity index (χ0) is 29.9. The van der Waals surface area contributed by atoms with E-state index in [-0.39, 0.29) is 5.56 Å². The van der Waals surface area contributed by atoms with E-state index in [1.807, 2.05) is 65.1 Å². The smallest absolute Gasteiger partial charge is 0.263 e. The van der Waals surface area contributed by atoms with Crippen LogP contribution in [0.5, 0.6) is 0 Å². The van der Waals surface area contributed by atoms with Gasteiger partial charge in [0.1, 0.15) is 0 Å². The minimum atomic E-state index is 0.00740. The number of hydrogen-bond acceptors (Lipinski definition) is 3. The number of rotatable bonds is 4. The van der Waals surface area contributed by atoms with Crippen LogP contribution in [-0.2, 0) is 0 Å². The topological polar surface area (TPSA) is 37.6 Å². The highest BCUT2D eigenvalue weighted by molar-refractivity contribution is 6.13. The van der Waals surface area contributed by atoms with E-state index in [4.69, 9.17) is 4.98 Å². The monoisotopic (exact) mass is 577 g/mol. The third kappa shape index (κ3) is 4.07. The summed E-state index contributed by atoms with van der Waals surface area (Å²) in [5.41, 5.74) is 8.25. The highest BCUT2D eigenvalue weighted by atomic mass is 16.1. The van der Waals surface area contributed by atoms with Gasteiger partial charge in [0, 0.05) is 50.9 Å². The molecule has 0 atom stereocenters. The molecule has 5 aromatic carbocycles. The number of aromatic nitrogens is 2. The molecule has 0 saturated heterocycles. The summed E-state index contributed by atoms with van der Waals surface area (Å²) in [5, 5.41) is 5.90. The van der Waals surface area contributed by atoms with Gasteiger partial charge in [-0.15, -0.1) is 0 Å². The van der Waals surface area contributed by atoms with E-state index in [2.05, 4.69) is 96.0 Å². The lowest BCUT2D eigenvalue weighted by Gasteiger charge is -2.22. The first-order valence-corrected chi connectivity index (χ1v) is 15.2. The molecule has 0 radical (unpaired) electrons. The highest BCUT2D eigenvalue weighted by Gasteiger charge is 2.20. The van der Waals surface area contributed by atoms with Crippen molar-refractivity contribution in [2.45, 2.75) is 0 Å². The van der Waals surface area contributed by atoms with Crippen LogP contribution in [0.15, 0.2) is 144 Å². The molecule has 0 N–H and O–H groups in total. The van der Waals surface area contributed by atoms with Gasteiger partial charge >= 0.3 is 0 Å². The van der Waals surface area contributed by atoms with Crippen LogP contribution < -0.4 is 21.0 Å². The summed E-state index contributed by atoms with van der Waals surface area (Å²) in [6.45, 7) is 0.671. The summed E-state index contributed by atoms with van der Waals surface area (Å²) in [7, 11) is 0. The lowest BCUT2D eigenvalue weighted by molar-refractivity contribution is 1.05. The Kier molecular flexibility index (Phi) is 5.69. The number of benzene rings is 5. The zero-order valence-corrected chi connectivity index (χ0v) is 24.4. The number of hydrogen-bond donors (Lipinski definition) is 0. The van der Waals surface area contributed by atoms with Crippen LogP contribution in [0.2, 0.25) is 0 Å². The molecule has 4 nitrogen and oxygen atoms in total. The van der Waals surface area contributed by atoms with Gasteiger partial charge in [0.05, 0.1) is 22.3 Å². The van der Waals surface area contributed by atoms with Crippen LogP contribution in [0, 0.1) is 0 Å². The van der Waals surface area contributed by atoms with Crippen molar-refractivity contribution < 1.29 is 0 Å². The molecule has 3 aromatic heterocycles. The van der Waals surface area contributed by atoms with Gasteiger partial charge in [-0.3, -0.25) is 9.20 Å². The van der Waals surface area contributed by atoms with Crippen molar-refractivity contribution in [1.82, 2.24) is 9.38 Å². The average Bonchev–Trinajstić information content (AvgIpc) is 3.45. The number of pyridine rings is 2. The lowest BCUT2D eigenvalue weighted by atomic mass is 9.98. The molecule has 212 valence electrons. The highest BCUT2D eigenvalue weighted by Crippen LogP contribution is 2.33. The second-order valence-electron chi connectivity index (χ2n) is 11.6. The van der Waals surface area contributed by atoms with E-state index in [1.165, 1.54) is 0 Å². The van der Waals surface area contributed by atoms with Crippen LogP contribution in [-0.4, -0.2) is 15.9 Å². The maximum atomic E-state index is 14.2. The Morgan fingerprint density at radius 3 is 1.73 bits per heavy atom. The average molecular weight is 578 g/mol. The minimum Gasteiger partial charge on any atom is -0.342 e. The first kappa shape index (κ1) is 25.5. The van der Waals surface area contributed by atoms with Crippen molar-refractivity contribution in [3.63, 3.8) is 0 Å². The molecule has 1 aliphatic rings. The maximum Gasteiger partial charge on any atom is 0.263 e. The molecule has 0 saturated carbocycles. The van der Waals surface area contributed by atoms with Crippen molar-refractivity contribution in [2.75, 3.05) is 11.4 Å². The molecule has 0 aliphatic carbocycles. The van der Waals surface area contributed by atoms with Gasteiger partial charge in [0.2, 0.25) is 0 Å². The van der Waals surface area contributed by atoms with Crippen molar-refractivity contribution in [2.24, 2.45) is 0 Å². The fourth-order valence-corrected chi connectivity index (χ4v) is 6.81. The van der Waals surface area contributed by atoms with Gasteiger partial charge in [-0.1, -0.05) is 115 Å². The first-order chi connectivity index (χ1) is 22.2. The Morgan fingerprint density at radius 2 is 1.09 bits per heavy atom. The van der Waals surface area contributed by atoms with Gasteiger partial charge in [0.15, 0.2) is 0 Å². The maximum absolute atomic E-state index is 14.2. The van der Waals surface area contributed by atoms with Crippen LogP contribution >= 0.6 is 0 Å². The molecule has 0 bridgehead atoms. The molecule has 45 heavy (non-hydrogen) atoms. The van der Waals surface area contributed by atoms with Crippen LogP contribution in [0.1, 0.15) is 0 Å². The third-order valence-electron chi connectivity index (χ3n) is 8.95. The van der Waals surface area contributed by atoms with Crippen LogP contribution in [0.3, 0.4) is 0 Å². The van der Waals surface area contributed by atoms with Crippen molar-refractivity contribution in [1.29, 1.82) is 0 Å². The number of nitrogens with zero attached hydrogens (tertiary/aromatic N) is 3. The van der Waals surface area contributed by atoms with E-state index in [0.29, 0.717) is 6.54 Å². The first-order valence-electron chi connectivity index (χ1n) is 15.2. The third-order valence-corrected chi connectivity index (χ3v) is 8.95. The Morgan fingerprint density at radius 1 is 0.533 bits per heavy atom. The van der Waals surface area contributed by atoms with E-state index < -0.39 is 0 Å². The summed E-state index contributed by atoms with van der Waals surface area (Å²) in [6, 6.07) is 47.8. The van der Waals surface area contributed by atoms with Crippen molar-refractivity contribution in [3.8, 4) is 33.6 Å². The summed E-state index contributed by atoms with van der Waals surface area (Å²) in [6.07, 6.45) is 4.41. The van der Waals surface area contributed by atoms with E-state index >= 15 is 0 Å². The van der Waals surface area contributed by atoms with Gasteiger partial charge in [-0.2, -0.15) is 0 Å².